The first kappa shape index (κ1) is 31.2. The molecule has 7 heteroatoms. The van der Waals surface area contributed by atoms with Crippen LogP contribution >= 0.6 is 0 Å². The SMILES string of the molecule is NC1CCCc2cccnc21.O=C1CCCc2cccnc21.OC=C1CCCc2cccnc21.c1cnc2c(c1)CCCC2. The molecular weight excluding hydrogens is 546 g/mol. The Morgan fingerprint density at radius 2 is 1.18 bits per heavy atom. The van der Waals surface area contributed by atoms with Crippen molar-refractivity contribution in [2.24, 2.45) is 5.73 Å². The number of aliphatic hydroxyl groups excluding tert-OH is 1. The molecule has 0 amide bonds. The van der Waals surface area contributed by atoms with Gasteiger partial charge in [0.25, 0.3) is 0 Å². The Hall–Kier alpha value is -4.23. The van der Waals surface area contributed by atoms with Gasteiger partial charge in [-0.05, 0) is 124 Å². The number of rotatable bonds is 0. The average molecular weight is 590 g/mol. The Morgan fingerprint density at radius 1 is 0.614 bits per heavy atom. The molecule has 1 atom stereocenters. The Bertz CT molecular complexity index is 1540. The first-order valence-corrected chi connectivity index (χ1v) is 16.0. The van der Waals surface area contributed by atoms with Gasteiger partial charge >= 0.3 is 0 Å². The maximum atomic E-state index is 11.2. The number of Topliss-reactive ketones (excluding diaryl/α,β-unsaturated/α-hetero) is 1. The van der Waals surface area contributed by atoms with Crippen LogP contribution in [0.4, 0.5) is 0 Å². The third kappa shape index (κ3) is 8.23. The second-order valence-corrected chi connectivity index (χ2v) is 11.7. The molecule has 0 radical (unpaired) electrons. The second-order valence-electron chi connectivity index (χ2n) is 11.7. The zero-order valence-corrected chi connectivity index (χ0v) is 25.5. The van der Waals surface area contributed by atoms with Gasteiger partial charge in [0.15, 0.2) is 5.78 Å². The topological polar surface area (TPSA) is 115 Å². The van der Waals surface area contributed by atoms with Gasteiger partial charge in [-0.3, -0.25) is 24.7 Å². The highest BCUT2D eigenvalue weighted by Gasteiger charge is 2.18. The highest BCUT2D eigenvalue weighted by molar-refractivity contribution is 5.96. The van der Waals surface area contributed by atoms with Crippen LogP contribution in [0.3, 0.4) is 0 Å². The van der Waals surface area contributed by atoms with Gasteiger partial charge < -0.3 is 10.8 Å². The number of aliphatic hydroxyl groups is 1. The summed E-state index contributed by atoms with van der Waals surface area (Å²) in [5, 5.41) is 8.94. The van der Waals surface area contributed by atoms with Crippen LogP contribution in [0.1, 0.15) is 107 Å². The van der Waals surface area contributed by atoms with Crippen molar-refractivity contribution in [1.29, 1.82) is 0 Å². The standard InChI is InChI=1S/C10H11NO.C9H12N2.C9H9NO.C9H11N/c12-7-9-4-1-3-8-5-2-6-11-10(8)9;10-8-5-1-3-7-4-2-6-11-9(7)8;11-8-5-1-3-7-4-2-6-10-9(7)8;1-2-6-9-8(4-1)5-3-7-10-9/h2,5-7,12H,1,3-4H2;2,4,6,8H,1,3,5,10H2;2,4,6H,1,3,5H2;3,5,7H,1-2,4,6H2. The zero-order valence-electron chi connectivity index (χ0n) is 25.5. The number of nitrogens with two attached hydrogens (primary N) is 1. The van der Waals surface area contributed by atoms with Gasteiger partial charge in [0.1, 0.15) is 5.69 Å². The molecule has 0 spiro atoms. The van der Waals surface area contributed by atoms with Crippen LogP contribution in [0.25, 0.3) is 5.57 Å². The van der Waals surface area contributed by atoms with Crippen LogP contribution in [-0.4, -0.2) is 30.8 Å². The Kier molecular flexibility index (Phi) is 11.4. The fourth-order valence-corrected chi connectivity index (χ4v) is 6.27. The summed E-state index contributed by atoms with van der Waals surface area (Å²) in [6.45, 7) is 0. The maximum absolute atomic E-state index is 11.2. The minimum atomic E-state index is 0.181. The molecule has 3 N–H and O–H groups in total. The van der Waals surface area contributed by atoms with Crippen molar-refractivity contribution in [3.63, 3.8) is 0 Å². The molecule has 0 fully saturated rings. The van der Waals surface area contributed by atoms with E-state index in [9.17, 15) is 4.79 Å². The second kappa shape index (κ2) is 16.0. The lowest BCUT2D eigenvalue weighted by Gasteiger charge is -2.19. The van der Waals surface area contributed by atoms with E-state index in [1.165, 1.54) is 60.8 Å². The highest BCUT2D eigenvalue weighted by atomic mass is 16.2. The number of fused-ring (bicyclic) bond motifs is 4. The summed E-state index contributed by atoms with van der Waals surface area (Å²) in [7, 11) is 0. The summed E-state index contributed by atoms with van der Waals surface area (Å²) >= 11 is 0. The van der Waals surface area contributed by atoms with E-state index in [-0.39, 0.29) is 11.8 Å². The first-order chi connectivity index (χ1) is 21.6. The molecule has 8 rings (SSSR count). The Balaban J connectivity index is 0.000000117. The highest BCUT2D eigenvalue weighted by Crippen LogP contribution is 2.28. The van der Waals surface area contributed by atoms with Crippen LogP contribution in [-0.2, 0) is 32.1 Å². The van der Waals surface area contributed by atoms with Crippen molar-refractivity contribution in [3.8, 4) is 0 Å². The van der Waals surface area contributed by atoms with E-state index in [4.69, 9.17) is 10.8 Å². The molecular formula is C37H43N5O2. The Labute approximate surface area is 260 Å². The van der Waals surface area contributed by atoms with Crippen LogP contribution in [0.15, 0.2) is 79.6 Å². The molecule has 1 unspecified atom stereocenters. The quantitative estimate of drug-likeness (QED) is 0.207. The van der Waals surface area contributed by atoms with E-state index in [0.717, 1.165) is 67.5 Å². The van der Waals surface area contributed by atoms with Gasteiger partial charge in [0, 0.05) is 48.5 Å². The third-order valence-electron chi connectivity index (χ3n) is 8.58. The minimum Gasteiger partial charge on any atom is -0.515 e. The summed E-state index contributed by atoms with van der Waals surface area (Å²) in [5.74, 6) is 0.201. The number of ketones is 1. The summed E-state index contributed by atoms with van der Waals surface area (Å²) < 4.78 is 0. The van der Waals surface area contributed by atoms with E-state index in [2.05, 4.69) is 38.1 Å². The summed E-state index contributed by atoms with van der Waals surface area (Å²) in [5.41, 5.74) is 16.1. The summed E-state index contributed by atoms with van der Waals surface area (Å²) in [6.07, 6.45) is 22.7. The minimum absolute atomic E-state index is 0.181. The van der Waals surface area contributed by atoms with Crippen molar-refractivity contribution in [2.75, 3.05) is 0 Å². The summed E-state index contributed by atoms with van der Waals surface area (Å²) in [4.78, 5) is 28.1. The third-order valence-corrected chi connectivity index (χ3v) is 8.58. The molecule has 4 aliphatic rings. The van der Waals surface area contributed by atoms with Crippen molar-refractivity contribution in [1.82, 2.24) is 19.9 Å². The van der Waals surface area contributed by atoms with Gasteiger partial charge in [0.05, 0.1) is 17.6 Å². The number of hydrogen-bond donors (Lipinski definition) is 2. The predicted octanol–water partition coefficient (Wildman–Crippen LogP) is 7.30. The summed E-state index contributed by atoms with van der Waals surface area (Å²) in [6, 6.07) is 16.4. The molecule has 7 nitrogen and oxygen atoms in total. The average Bonchev–Trinajstić information content (AvgIpc) is 3.09. The largest absolute Gasteiger partial charge is 0.515 e. The van der Waals surface area contributed by atoms with E-state index < -0.39 is 0 Å². The van der Waals surface area contributed by atoms with Gasteiger partial charge in [-0.25, -0.2) is 0 Å². The normalized spacial score (nSPS) is 18.7. The lowest BCUT2D eigenvalue weighted by Crippen LogP contribution is -2.18. The van der Waals surface area contributed by atoms with E-state index in [1.807, 2.05) is 42.7 Å². The van der Waals surface area contributed by atoms with Crippen molar-refractivity contribution in [2.45, 2.75) is 89.5 Å². The van der Waals surface area contributed by atoms with E-state index >= 15 is 0 Å². The number of pyridine rings is 4. The monoisotopic (exact) mass is 589 g/mol. The maximum Gasteiger partial charge on any atom is 0.181 e. The molecule has 4 aromatic rings. The number of aryl methyl sites for hydroxylation is 5. The number of hydrogen-bond acceptors (Lipinski definition) is 7. The van der Waals surface area contributed by atoms with Crippen molar-refractivity contribution in [3.05, 3.63) is 125 Å². The number of nitrogens with zero attached hydrogens (tertiary/aromatic N) is 4. The van der Waals surface area contributed by atoms with Gasteiger partial charge in [-0.15, -0.1) is 0 Å². The predicted molar refractivity (Wildman–Crippen MR) is 174 cm³/mol. The van der Waals surface area contributed by atoms with Gasteiger partial charge in [-0.2, -0.15) is 0 Å². The van der Waals surface area contributed by atoms with Crippen LogP contribution < -0.4 is 5.73 Å². The molecule has 0 saturated heterocycles. The van der Waals surface area contributed by atoms with Crippen LogP contribution in [0.5, 0.6) is 0 Å². The number of carbonyl (C=O) groups excluding carboxylic acids is 1. The van der Waals surface area contributed by atoms with Gasteiger partial charge in [0.2, 0.25) is 0 Å². The lowest BCUT2D eigenvalue weighted by atomic mass is 9.92. The van der Waals surface area contributed by atoms with Crippen molar-refractivity contribution < 1.29 is 9.90 Å². The zero-order chi connectivity index (χ0) is 30.6. The fraction of sp³-hybridized carbons (Fsp3) is 0.378. The van der Waals surface area contributed by atoms with Gasteiger partial charge in [-0.1, -0.05) is 24.3 Å². The first-order valence-electron chi connectivity index (χ1n) is 16.0. The molecule has 0 aromatic carbocycles. The number of aromatic nitrogens is 4. The number of allylic oxidation sites excluding steroid dienone is 1. The van der Waals surface area contributed by atoms with Crippen molar-refractivity contribution >= 4 is 11.4 Å². The molecule has 4 heterocycles. The van der Waals surface area contributed by atoms with Crippen LogP contribution in [0.2, 0.25) is 0 Å². The molecule has 0 aliphatic heterocycles. The molecule has 0 bridgehead atoms. The lowest BCUT2D eigenvalue weighted by molar-refractivity contribution is 0.0967. The molecule has 4 aromatic heterocycles. The molecule has 4 aliphatic carbocycles. The fourth-order valence-electron chi connectivity index (χ4n) is 6.27. The molecule has 44 heavy (non-hydrogen) atoms. The van der Waals surface area contributed by atoms with E-state index in [0.29, 0.717) is 12.1 Å². The van der Waals surface area contributed by atoms with Crippen LogP contribution in [0, 0.1) is 0 Å². The smallest absolute Gasteiger partial charge is 0.181 e. The molecule has 0 saturated carbocycles. The number of carbonyl (C=O) groups is 1. The molecule has 228 valence electrons. The van der Waals surface area contributed by atoms with E-state index in [1.54, 1.807) is 12.4 Å². The Morgan fingerprint density at radius 3 is 1.89 bits per heavy atom.